The summed E-state index contributed by atoms with van der Waals surface area (Å²) in [6.07, 6.45) is 6.45. The van der Waals surface area contributed by atoms with Crippen molar-refractivity contribution in [1.82, 2.24) is 4.98 Å². The third kappa shape index (κ3) is 2.59. The molecule has 1 aliphatic rings. The maximum Gasteiger partial charge on any atom is 0.260 e. The van der Waals surface area contributed by atoms with Crippen LogP contribution in [0.4, 0.5) is 5.82 Å². The van der Waals surface area contributed by atoms with Crippen LogP contribution in [-0.4, -0.2) is 10.9 Å². The molecule has 116 valence electrons. The molecular formula is C20H20N2O. The monoisotopic (exact) mass is 304 g/mol. The molecule has 1 unspecified atom stereocenters. The molecule has 0 saturated heterocycles. The van der Waals surface area contributed by atoms with Gasteiger partial charge in [0, 0.05) is 11.3 Å². The summed E-state index contributed by atoms with van der Waals surface area (Å²) in [5.41, 5.74) is 3.81. The fraction of sp³-hybridized carbons (Fsp3) is 0.200. The molecule has 3 heteroatoms. The number of amides is 1. The lowest BCUT2D eigenvalue weighted by Gasteiger charge is -2.24. The summed E-state index contributed by atoms with van der Waals surface area (Å²) in [4.78, 5) is 19.3. The number of aromatic nitrogens is 1. The number of carbonyl (C=O) groups is 1. The molecule has 0 aliphatic carbocycles. The van der Waals surface area contributed by atoms with E-state index in [0.29, 0.717) is 5.82 Å². The molecule has 0 N–H and O–H groups in total. The van der Waals surface area contributed by atoms with Crippen molar-refractivity contribution in [2.45, 2.75) is 26.3 Å². The molecule has 2 aromatic rings. The van der Waals surface area contributed by atoms with Crippen LogP contribution < -0.4 is 4.90 Å². The lowest BCUT2D eigenvalue weighted by atomic mass is 10.0. The average molecular weight is 304 g/mol. The highest BCUT2D eigenvalue weighted by Crippen LogP contribution is 2.38. The zero-order valence-corrected chi connectivity index (χ0v) is 13.5. The maximum absolute atomic E-state index is 12.8. The van der Waals surface area contributed by atoms with Gasteiger partial charge in [-0.15, -0.1) is 0 Å². The van der Waals surface area contributed by atoms with Crippen molar-refractivity contribution < 1.29 is 4.79 Å². The van der Waals surface area contributed by atoms with Crippen LogP contribution in [0.25, 0.3) is 6.08 Å². The molecule has 0 bridgehead atoms. The quantitative estimate of drug-likeness (QED) is 0.767. The molecule has 1 aliphatic heterocycles. The van der Waals surface area contributed by atoms with Crippen molar-refractivity contribution in [3.8, 4) is 0 Å². The minimum atomic E-state index is 0.0359. The van der Waals surface area contributed by atoms with Gasteiger partial charge in [0.1, 0.15) is 5.82 Å². The molecule has 2 heterocycles. The fourth-order valence-electron chi connectivity index (χ4n) is 3.10. The highest BCUT2D eigenvalue weighted by molar-refractivity contribution is 6.10. The molecule has 1 aromatic heterocycles. The van der Waals surface area contributed by atoms with Crippen LogP contribution in [0.5, 0.6) is 0 Å². The molecule has 0 radical (unpaired) electrons. The number of allylic oxidation sites excluding steroid dienone is 2. The second-order valence-corrected chi connectivity index (χ2v) is 5.63. The Morgan fingerprint density at radius 1 is 1.26 bits per heavy atom. The number of anilines is 1. The minimum absolute atomic E-state index is 0.0359. The summed E-state index contributed by atoms with van der Waals surface area (Å²) in [6.45, 7) is 7.74. The molecule has 0 saturated carbocycles. The number of carbonyl (C=O) groups excluding carboxylic acids is 1. The van der Waals surface area contributed by atoms with Crippen LogP contribution in [-0.2, 0) is 0 Å². The summed E-state index contributed by atoms with van der Waals surface area (Å²) in [6, 6.07) is 11.8. The first-order chi connectivity index (χ1) is 11.2. The van der Waals surface area contributed by atoms with Crippen LogP contribution in [0.15, 0.2) is 55.1 Å². The van der Waals surface area contributed by atoms with E-state index >= 15 is 0 Å². The number of fused-ring (bicyclic) bond motifs is 1. The third-order valence-corrected chi connectivity index (χ3v) is 4.24. The van der Waals surface area contributed by atoms with Gasteiger partial charge in [0.2, 0.25) is 0 Å². The summed E-state index contributed by atoms with van der Waals surface area (Å²) in [5, 5.41) is 0. The zero-order valence-electron chi connectivity index (χ0n) is 13.5. The van der Waals surface area contributed by atoms with Gasteiger partial charge >= 0.3 is 0 Å². The molecule has 1 atom stereocenters. The minimum Gasteiger partial charge on any atom is -0.285 e. The van der Waals surface area contributed by atoms with E-state index in [1.54, 1.807) is 6.08 Å². The Morgan fingerprint density at radius 3 is 2.74 bits per heavy atom. The van der Waals surface area contributed by atoms with Crippen molar-refractivity contribution in [2.75, 3.05) is 4.90 Å². The van der Waals surface area contributed by atoms with Gasteiger partial charge in [-0.1, -0.05) is 49.9 Å². The van der Waals surface area contributed by atoms with Crippen molar-refractivity contribution >= 4 is 17.8 Å². The van der Waals surface area contributed by atoms with Gasteiger partial charge in [0.15, 0.2) is 0 Å². The SMILES string of the molecule is C=C/C=C\c1ccc(N2C(=O)c3ccccc3C2CC)nc1C. The van der Waals surface area contributed by atoms with E-state index in [9.17, 15) is 4.79 Å². The van der Waals surface area contributed by atoms with Crippen molar-refractivity contribution in [3.63, 3.8) is 0 Å². The second-order valence-electron chi connectivity index (χ2n) is 5.63. The fourth-order valence-corrected chi connectivity index (χ4v) is 3.10. The van der Waals surface area contributed by atoms with E-state index in [4.69, 9.17) is 0 Å². The Morgan fingerprint density at radius 2 is 2.04 bits per heavy atom. The first kappa shape index (κ1) is 15.2. The van der Waals surface area contributed by atoms with E-state index in [1.165, 1.54) is 0 Å². The molecule has 0 fully saturated rings. The molecule has 3 rings (SSSR count). The molecule has 23 heavy (non-hydrogen) atoms. The first-order valence-corrected chi connectivity index (χ1v) is 7.86. The normalized spacial score (nSPS) is 16.9. The molecule has 1 aromatic carbocycles. The van der Waals surface area contributed by atoms with Gasteiger partial charge in [-0.25, -0.2) is 4.98 Å². The topological polar surface area (TPSA) is 33.2 Å². The van der Waals surface area contributed by atoms with Gasteiger partial charge in [-0.2, -0.15) is 0 Å². The predicted octanol–water partition coefficient (Wildman–Crippen LogP) is 4.70. The number of hydrogen-bond acceptors (Lipinski definition) is 2. The summed E-state index contributed by atoms with van der Waals surface area (Å²) >= 11 is 0. The van der Waals surface area contributed by atoms with E-state index in [-0.39, 0.29) is 11.9 Å². The number of nitrogens with zero attached hydrogens (tertiary/aromatic N) is 2. The van der Waals surface area contributed by atoms with E-state index in [1.807, 2.05) is 60.4 Å². The van der Waals surface area contributed by atoms with E-state index < -0.39 is 0 Å². The number of rotatable bonds is 4. The van der Waals surface area contributed by atoms with Crippen molar-refractivity contribution in [3.05, 3.63) is 77.5 Å². The Hall–Kier alpha value is -2.68. The molecule has 3 nitrogen and oxygen atoms in total. The van der Waals surface area contributed by atoms with Crippen LogP contribution in [0.1, 0.15) is 46.6 Å². The van der Waals surface area contributed by atoms with Crippen LogP contribution in [0, 0.1) is 6.92 Å². The number of aryl methyl sites for hydroxylation is 1. The number of benzene rings is 1. The smallest absolute Gasteiger partial charge is 0.260 e. The Labute approximate surface area is 137 Å². The van der Waals surface area contributed by atoms with Crippen molar-refractivity contribution in [2.24, 2.45) is 0 Å². The highest BCUT2D eigenvalue weighted by atomic mass is 16.2. The van der Waals surface area contributed by atoms with Gasteiger partial charge in [0.25, 0.3) is 5.91 Å². The molecule has 1 amide bonds. The maximum atomic E-state index is 12.8. The summed E-state index contributed by atoms with van der Waals surface area (Å²) in [5.74, 6) is 0.750. The Kier molecular flexibility index (Phi) is 4.11. The standard InChI is InChI=1S/C20H20N2O/c1-4-6-9-15-12-13-19(21-14(15)3)22-18(5-2)16-10-7-8-11-17(16)20(22)23/h4,6-13,18H,1,5H2,2-3H3/b9-6-. The van der Waals surface area contributed by atoms with Crippen LogP contribution in [0.3, 0.4) is 0 Å². The zero-order chi connectivity index (χ0) is 16.4. The third-order valence-electron chi connectivity index (χ3n) is 4.24. The van der Waals surface area contributed by atoms with Gasteiger partial charge in [0.05, 0.1) is 6.04 Å². The van der Waals surface area contributed by atoms with Crippen LogP contribution >= 0.6 is 0 Å². The predicted molar refractivity (Wildman–Crippen MR) is 94.5 cm³/mol. The lowest BCUT2D eigenvalue weighted by Crippen LogP contribution is -2.28. The summed E-state index contributed by atoms with van der Waals surface area (Å²) < 4.78 is 0. The molecule has 0 spiro atoms. The van der Waals surface area contributed by atoms with Crippen molar-refractivity contribution in [1.29, 1.82) is 0 Å². The number of pyridine rings is 1. The van der Waals surface area contributed by atoms with Gasteiger partial charge < -0.3 is 0 Å². The highest BCUT2D eigenvalue weighted by Gasteiger charge is 2.36. The van der Waals surface area contributed by atoms with Gasteiger partial charge in [-0.3, -0.25) is 9.69 Å². The number of hydrogen-bond donors (Lipinski definition) is 0. The first-order valence-electron chi connectivity index (χ1n) is 7.86. The lowest BCUT2D eigenvalue weighted by molar-refractivity contribution is 0.0990. The largest absolute Gasteiger partial charge is 0.285 e. The van der Waals surface area contributed by atoms with E-state index in [2.05, 4.69) is 18.5 Å². The summed E-state index contributed by atoms with van der Waals surface area (Å²) in [7, 11) is 0. The van der Waals surface area contributed by atoms with Gasteiger partial charge in [-0.05, 0) is 42.7 Å². The Balaban J connectivity index is 2.02. The second kappa shape index (κ2) is 6.21. The van der Waals surface area contributed by atoms with Crippen LogP contribution in [0.2, 0.25) is 0 Å². The van der Waals surface area contributed by atoms with E-state index in [0.717, 1.165) is 28.8 Å². The average Bonchev–Trinajstić information content (AvgIpc) is 2.86. The Bertz CT molecular complexity index is 792. The molecular weight excluding hydrogens is 284 g/mol.